The Morgan fingerprint density at radius 2 is 1.76 bits per heavy atom. The molecule has 0 aliphatic heterocycles. The molecule has 5 atom stereocenters. The molecule has 1 amide bonds. The first-order valence-corrected chi connectivity index (χ1v) is 7.86. The molecule has 0 heterocycles. The van der Waals surface area contributed by atoms with Crippen LogP contribution in [-0.2, 0) is 9.59 Å². The number of hydrogen-bond acceptors (Lipinski definition) is 3. The molecule has 0 aromatic carbocycles. The van der Waals surface area contributed by atoms with Crippen molar-refractivity contribution in [3.63, 3.8) is 0 Å². The molecule has 0 aromatic rings. The SMILES string of the molecule is CCC(CC)C(O)CNC(=O)C1C2C=CC(C2)C1C(=O)O. The lowest BCUT2D eigenvalue weighted by Gasteiger charge is -2.26. The summed E-state index contributed by atoms with van der Waals surface area (Å²) in [5, 5.41) is 22.2. The van der Waals surface area contributed by atoms with Gasteiger partial charge in [-0.1, -0.05) is 38.8 Å². The Balaban J connectivity index is 1.94. The van der Waals surface area contributed by atoms with Gasteiger partial charge in [0.2, 0.25) is 5.91 Å². The van der Waals surface area contributed by atoms with Gasteiger partial charge in [0, 0.05) is 6.54 Å². The lowest BCUT2D eigenvalue weighted by atomic mass is 9.82. The third-order valence-corrected chi connectivity index (χ3v) is 5.13. The number of allylic oxidation sites excluding steroid dienone is 2. The summed E-state index contributed by atoms with van der Waals surface area (Å²) in [7, 11) is 0. The molecular formula is C16H25NO4. The highest BCUT2D eigenvalue weighted by molar-refractivity contribution is 5.86. The van der Waals surface area contributed by atoms with Crippen LogP contribution in [0.5, 0.6) is 0 Å². The van der Waals surface area contributed by atoms with Gasteiger partial charge in [-0.05, 0) is 24.2 Å². The molecule has 0 aromatic heterocycles. The highest BCUT2D eigenvalue weighted by Gasteiger charge is 2.51. The zero-order valence-corrected chi connectivity index (χ0v) is 12.7. The molecule has 2 aliphatic carbocycles. The van der Waals surface area contributed by atoms with Crippen molar-refractivity contribution in [2.45, 2.75) is 39.2 Å². The maximum atomic E-state index is 12.3. The van der Waals surface area contributed by atoms with Crippen LogP contribution in [0.1, 0.15) is 33.1 Å². The van der Waals surface area contributed by atoms with E-state index in [1.54, 1.807) is 0 Å². The smallest absolute Gasteiger partial charge is 0.307 e. The van der Waals surface area contributed by atoms with Gasteiger partial charge in [0.1, 0.15) is 0 Å². The molecule has 118 valence electrons. The first-order valence-electron chi connectivity index (χ1n) is 7.86. The predicted octanol–water partition coefficient (Wildman–Crippen LogP) is 1.42. The number of aliphatic hydroxyl groups is 1. The summed E-state index contributed by atoms with van der Waals surface area (Å²) in [5.41, 5.74) is 0. The highest BCUT2D eigenvalue weighted by atomic mass is 16.4. The third kappa shape index (κ3) is 3.12. The van der Waals surface area contributed by atoms with E-state index in [-0.39, 0.29) is 30.2 Å². The summed E-state index contributed by atoms with van der Waals surface area (Å²) in [4.78, 5) is 23.7. The number of aliphatic hydroxyl groups excluding tert-OH is 1. The van der Waals surface area contributed by atoms with Crippen molar-refractivity contribution in [2.75, 3.05) is 6.54 Å². The van der Waals surface area contributed by atoms with E-state index in [1.807, 2.05) is 26.0 Å². The Bertz CT molecular complexity index is 430. The molecule has 2 aliphatic rings. The minimum absolute atomic E-state index is 0.0211. The minimum Gasteiger partial charge on any atom is -0.481 e. The van der Waals surface area contributed by atoms with Crippen LogP contribution in [-0.4, -0.2) is 34.7 Å². The van der Waals surface area contributed by atoms with E-state index in [0.717, 1.165) is 19.3 Å². The van der Waals surface area contributed by atoms with Gasteiger partial charge in [0.05, 0.1) is 17.9 Å². The number of carbonyl (C=O) groups is 2. The van der Waals surface area contributed by atoms with Gasteiger partial charge in [-0.25, -0.2) is 0 Å². The van der Waals surface area contributed by atoms with Gasteiger partial charge in [-0.15, -0.1) is 0 Å². The van der Waals surface area contributed by atoms with Crippen LogP contribution < -0.4 is 5.32 Å². The molecule has 0 saturated heterocycles. The van der Waals surface area contributed by atoms with Crippen molar-refractivity contribution in [1.82, 2.24) is 5.32 Å². The Hall–Kier alpha value is -1.36. The van der Waals surface area contributed by atoms with Gasteiger partial charge in [-0.2, -0.15) is 0 Å². The average Bonchev–Trinajstić information content (AvgIpc) is 3.06. The molecule has 2 bridgehead atoms. The zero-order chi connectivity index (χ0) is 15.6. The van der Waals surface area contributed by atoms with Crippen LogP contribution >= 0.6 is 0 Å². The number of carbonyl (C=O) groups excluding carboxylic acids is 1. The van der Waals surface area contributed by atoms with Crippen molar-refractivity contribution < 1.29 is 19.8 Å². The maximum Gasteiger partial charge on any atom is 0.307 e. The maximum absolute atomic E-state index is 12.3. The van der Waals surface area contributed by atoms with Crippen molar-refractivity contribution in [1.29, 1.82) is 0 Å². The van der Waals surface area contributed by atoms with E-state index in [9.17, 15) is 19.8 Å². The van der Waals surface area contributed by atoms with Crippen molar-refractivity contribution in [3.8, 4) is 0 Å². The molecule has 1 saturated carbocycles. The normalized spacial score (nSPS) is 31.6. The molecule has 0 spiro atoms. The quantitative estimate of drug-likeness (QED) is 0.620. The first-order chi connectivity index (χ1) is 9.99. The molecule has 5 nitrogen and oxygen atoms in total. The monoisotopic (exact) mass is 295 g/mol. The van der Waals surface area contributed by atoms with Crippen molar-refractivity contribution >= 4 is 11.9 Å². The van der Waals surface area contributed by atoms with Crippen molar-refractivity contribution in [2.24, 2.45) is 29.6 Å². The molecule has 5 unspecified atom stereocenters. The lowest BCUT2D eigenvalue weighted by Crippen LogP contribution is -2.43. The summed E-state index contributed by atoms with van der Waals surface area (Å²) < 4.78 is 0. The van der Waals surface area contributed by atoms with E-state index in [4.69, 9.17) is 0 Å². The minimum atomic E-state index is -0.896. The molecular weight excluding hydrogens is 270 g/mol. The Morgan fingerprint density at radius 1 is 1.19 bits per heavy atom. The molecule has 3 N–H and O–H groups in total. The van der Waals surface area contributed by atoms with Gasteiger partial charge in [0.15, 0.2) is 0 Å². The fourth-order valence-corrected chi connectivity index (χ4v) is 3.84. The van der Waals surface area contributed by atoms with E-state index >= 15 is 0 Å². The van der Waals surface area contributed by atoms with E-state index in [2.05, 4.69) is 5.32 Å². The number of rotatable bonds is 7. The van der Waals surface area contributed by atoms with Gasteiger partial charge in [0.25, 0.3) is 0 Å². The van der Waals surface area contributed by atoms with Crippen LogP contribution in [0, 0.1) is 29.6 Å². The standard InChI is InChI=1S/C16H25NO4/c1-3-9(4-2)12(18)8-17-15(19)13-10-5-6-11(7-10)14(13)16(20)21/h5-6,9-14,18H,3-4,7-8H2,1-2H3,(H,17,19)(H,20,21). The number of hydrogen-bond donors (Lipinski definition) is 3. The van der Waals surface area contributed by atoms with Crippen LogP contribution in [0.4, 0.5) is 0 Å². The summed E-state index contributed by atoms with van der Waals surface area (Å²) in [6.07, 6.45) is 5.80. The number of nitrogens with one attached hydrogen (secondary N) is 1. The highest BCUT2D eigenvalue weighted by Crippen LogP contribution is 2.48. The summed E-state index contributed by atoms with van der Waals surface area (Å²) >= 11 is 0. The largest absolute Gasteiger partial charge is 0.481 e. The molecule has 21 heavy (non-hydrogen) atoms. The van der Waals surface area contributed by atoms with Crippen molar-refractivity contribution in [3.05, 3.63) is 12.2 Å². The zero-order valence-electron chi connectivity index (χ0n) is 12.7. The van der Waals surface area contributed by atoms with Crippen LogP contribution in [0.2, 0.25) is 0 Å². The van der Waals surface area contributed by atoms with E-state index in [0.29, 0.717) is 0 Å². The predicted molar refractivity (Wildman–Crippen MR) is 78.4 cm³/mol. The molecule has 2 rings (SSSR count). The molecule has 1 fully saturated rings. The first kappa shape index (κ1) is 16.0. The number of carboxylic acid groups (broad SMARTS) is 1. The van der Waals surface area contributed by atoms with Gasteiger partial charge in [-0.3, -0.25) is 9.59 Å². The van der Waals surface area contributed by atoms with Crippen LogP contribution in [0.3, 0.4) is 0 Å². The van der Waals surface area contributed by atoms with E-state index in [1.165, 1.54) is 0 Å². The van der Waals surface area contributed by atoms with Gasteiger partial charge < -0.3 is 15.5 Å². The topological polar surface area (TPSA) is 86.6 Å². The molecule has 5 heteroatoms. The number of amides is 1. The van der Waals surface area contributed by atoms with E-state index < -0.39 is 23.9 Å². The third-order valence-electron chi connectivity index (χ3n) is 5.13. The lowest BCUT2D eigenvalue weighted by molar-refractivity contribution is -0.147. The van der Waals surface area contributed by atoms with Gasteiger partial charge >= 0.3 is 5.97 Å². The number of aliphatic carboxylic acids is 1. The number of carboxylic acids is 1. The van der Waals surface area contributed by atoms with Crippen LogP contribution in [0.15, 0.2) is 12.2 Å². The average molecular weight is 295 g/mol. The fraction of sp³-hybridized carbons (Fsp3) is 0.750. The summed E-state index contributed by atoms with van der Waals surface area (Å²) in [5.74, 6) is -2.07. The Morgan fingerprint density at radius 3 is 2.29 bits per heavy atom. The Kier molecular flexibility index (Phi) is 5.04. The summed E-state index contributed by atoms with van der Waals surface area (Å²) in [6, 6.07) is 0. The second-order valence-electron chi connectivity index (χ2n) is 6.23. The second kappa shape index (κ2) is 6.60. The summed E-state index contributed by atoms with van der Waals surface area (Å²) in [6.45, 7) is 4.23. The number of fused-ring (bicyclic) bond motifs is 2. The molecule has 0 radical (unpaired) electrons. The van der Waals surface area contributed by atoms with Crippen LogP contribution in [0.25, 0.3) is 0 Å². The Labute approximate surface area is 125 Å². The fourth-order valence-electron chi connectivity index (χ4n) is 3.84. The second-order valence-corrected chi connectivity index (χ2v) is 6.23.